The van der Waals surface area contributed by atoms with Crippen molar-refractivity contribution < 1.29 is 38.1 Å². The molecule has 0 saturated heterocycles. The van der Waals surface area contributed by atoms with E-state index in [1.807, 2.05) is 20.8 Å². The van der Waals surface area contributed by atoms with Gasteiger partial charge in [-0.25, -0.2) is 0 Å². The van der Waals surface area contributed by atoms with Gasteiger partial charge in [-0.15, -0.1) is 0 Å². The van der Waals surface area contributed by atoms with Crippen molar-refractivity contribution in [2.45, 2.75) is 104 Å². The largest absolute Gasteiger partial charge is 0.780 e. The molecule has 0 aliphatic heterocycles. The highest BCUT2D eigenvalue weighted by atomic mass is 31.2. The van der Waals surface area contributed by atoms with E-state index in [1.165, 1.54) is 24.3 Å². The SMILES string of the molecule is CCCCCC(=O)NC(Cc1ccc(OP(=O)([O-])[O-])cc1)C(=O)N[C@H](C(=O)NCCCCCC(C)=O)C(C)CC.[NH4+].[NH4+]. The molecular formula is C28H52N5O8P. The zero-order valence-electron chi connectivity index (χ0n) is 26.0. The number of phosphoric ester groups is 1. The lowest BCUT2D eigenvalue weighted by molar-refractivity contribution is -0.333. The van der Waals surface area contributed by atoms with Gasteiger partial charge in [0.15, 0.2) is 0 Å². The number of hydrogen-bond acceptors (Lipinski definition) is 8. The van der Waals surface area contributed by atoms with Crippen LogP contribution >= 0.6 is 7.82 Å². The molecule has 1 rings (SSSR count). The van der Waals surface area contributed by atoms with Gasteiger partial charge in [0.05, 0.1) is 0 Å². The number of hydrogen-bond donors (Lipinski definition) is 5. The molecule has 11 N–H and O–H groups in total. The topological polar surface area (TPSA) is 250 Å². The molecule has 42 heavy (non-hydrogen) atoms. The summed E-state index contributed by atoms with van der Waals surface area (Å²) < 4.78 is 15.2. The molecule has 0 aliphatic carbocycles. The smallest absolute Gasteiger partial charge is 0.243 e. The van der Waals surface area contributed by atoms with E-state index >= 15 is 0 Å². The summed E-state index contributed by atoms with van der Waals surface area (Å²) in [5.74, 6) is -1.32. The minimum absolute atomic E-state index is 0. The van der Waals surface area contributed by atoms with E-state index in [2.05, 4.69) is 20.5 Å². The summed E-state index contributed by atoms with van der Waals surface area (Å²) in [7, 11) is -5.21. The minimum atomic E-state index is -5.21. The second kappa shape index (κ2) is 21.8. The molecule has 2 unspecified atom stereocenters. The summed E-state index contributed by atoms with van der Waals surface area (Å²) in [4.78, 5) is 71.8. The Morgan fingerprint density at radius 1 is 0.881 bits per heavy atom. The van der Waals surface area contributed by atoms with E-state index in [-0.39, 0.29) is 54.4 Å². The number of amides is 3. The third kappa shape index (κ3) is 17.9. The van der Waals surface area contributed by atoms with Crippen LogP contribution in [0.3, 0.4) is 0 Å². The third-order valence-electron chi connectivity index (χ3n) is 6.54. The van der Waals surface area contributed by atoms with Gasteiger partial charge < -0.3 is 51.9 Å². The van der Waals surface area contributed by atoms with Crippen molar-refractivity contribution in [3.05, 3.63) is 29.8 Å². The monoisotopic (exact) mass is 617 g/mol. The predicted molar refractivity (Wildman–Crippen MR) is 160 cm³/mol. The van der Waals surface area contributed by atoms with E-state index in [1.54, 1.807) is 6.92 Å². The normalized spacial score (nSPS) is 12.9. The zero-order valence-corrected chi connectivity index (χ0v) is 26.9. The van der Waals surface area contributed by atoms with Crippen molar-refractivity contribution in [3.8, 4) is 5.75 Å². The van der Waals surface area contributed by atoms with Gasteiger partial charge in [0.2, 0.25) is 17.7 Å². The molecule has 0 heterocycles. The Kier molecular flexibility index (Phi) is 21.5. The van der Waals surface area contributed by atoms with Gasteiger partial charge in [-0.05, 0) is 49.8 Å². The molecule has 0 aromatic heterocycles. The van der Waals surface area contributed by atoms with Crippen LogP contribution in [0, 0.1) is 5.92 Å². The number of quaternary nitrogens is 2. The van der Waals surface area contributed by atoms with E-state index in [0.29, 0.717) is 37.8 Å². The molecule has 1 aromatic rings. The van der Waals surface area contributed by atoms with Gasteiger partial charge >= 0.3 is 0 Å². The molecule has 14 heteroatoms. The molecule has 13 nitrogen and oxygen atoms in total. The maximum Gasteiger partial charge on any atom is 0.243 e. The van der Waals surface area contributed by atoms with Gasteiger partial charge in [-0.1, -0.05) is 58.6 Å². The number of carbonyl (C=O) groups is 4. The standard InChI is InChI=1S/C28H46N3O8P.2H3N/c1-5-7-9-13-25(33)30-24(19-22-14-16-23(17-15-22)39-40(36,37)38)27(34)31-26(20(3)6-2)28(35)29-18-11-8-10-12-21(4)32;;/h14-17,20,24,26H,5-13,18-19H2,1-4H3,(H,29,35)(H,30,33)(H,31,34)(H2,36,37,38);2*1H3/t20?,24?,26-;;/m0../s1. The average Bonchev–Trinajstić information content (AvgIpc) is 2.88. The van der Waals surface area contributed by atoms with Crippen LogP contribution in [0.25, 0.3) is 0 Å². The number of unbranched alkanes of at least 4 members (excludes halogenated alkanes) is 4. The van der Waals surface area contributed by atoms with Crippen LogP contribution in [0.5, 0.6) is 5.75 Å². The number of phosphoric acid groups is 1. The van der Waals surface area contributed by atoms with Crippen molar-refractivity contribution in [2.24, 2.45) is 5.92 Å². The van der Waals surface area contributed by atoms with Gasteiger partial charge in [0.25, 0.3) is 0 Å². The maximum atomic E-state index is 13.4. The number of ketones is 1. The molecular weight excluding hydrogens is 565 g/mol. The Morgan fingerprint density at radius 2 is 1.50 bits per heavy atom. The lowest BCUT2D eigenvalue weighted by atomic mass is 9.97. The molecule has 0 aliphatic rings. The van der Waals surface area contributed by atoms with E-state index in [0.717, 1.165) is 25.7 Å². The molecule has 0 saturated carbocycles. The number of Topliss-reactive ketones (excluding diaryl/α,β-unsaturated/α-hetero) is 1. The highest BCUT2D eigenvalue weighted by Crippen LogP contribution is 2.29. The lowest BCUT2D eigenvalue weighted by Crippen LogP contribution is -2.56. The van der Waals surface area contributed by atoms with Gasteiger partial charge in [0, 0.05) is 25.8 Å². The Balaban J connectivity index is 0. The fraction of sp³-hybridized carbons (Fsp3) is 0.643. The van der Waals surface area contributed by atoms with Crippen LogP contribution in [0.15, 0.2) is 24.3 Å². The molecule has 0 radical (unpaired) electrons. The number of carbonyl (C=O) groups excluding carboxylic acids is 4. The van der Waals surface area contributed by atoms with Gasteiger partial charge in [-0.2, -0.15) is 0 Å². The first kappa shape index (κ1) is 41.3. The average molecular weight is 618 g/mol. The fourth-order valence-corrected chi connectivity index (χ4v) is 4.40. The fourth-order valence-electron chi connectivity index (χ4n) is 4.02. The molecule has 242 valence electrons. The van der Waals surface area contributed by atoms with E-state index < -0.39 is 25.8 Å². The summed E-state index contributed by atoms with van der Waals surface area (Å²) in [5, 5.41) is 8.45. The van der Waals surface area contributed by atoms with Crippen molar-refractivity contribution in [1.82, 2.24) is 28.3 Å². The highest BCUT2D eigenvalue weighted by Gasteiger charge is 2.29. The van der Waals surface area contributed by atoms with Crippen LogP contribution in [0.2, 0.25) is 0 Å². The number of nitrogens with one attached hydrogen (secondary N) is 3. The van der Waals surface area contributed by atoms with E-state index in [9.17, 15) is 33.5 Å². The first-order valence-corrected chi connectivity index (χ1v) is 15.5. The second-order valence-electron chi connectivity index (χ2n) is 10.1. The van der Waals surface area contributed by atoms with Gasteiger partial charge in [0.1, 0.15) is 31.4 Å². The number of benzene rings is 1. The Labute approximate surface area is 249 Å². The summed E-state index contributed by atoms with van der Waals surface area (Å²) in [5.41, 5.74) is 0.586. The second-order valence-corrected chi connectivity index (χ2v) is 11.2. The van der Waals surface area contributed by atoms with Crippen LogP contribution < -0.4 is 42.6 Å². The highest BCUT2D eigenvalue weighted by molar-refractivity contribution is 7.43. The molecule has 3 amide bonds. The zero-order chi connectivity index (χ0) is 30.1. The van der Waals surface area contributed by atoms with Crippen LogP contribution in [-0.2, 0) is 30.2 Å². The molecule has 0 fully saturated rings. The maximum absolute atomic E-state index is 13.4. The van der Waals surface area contributed by atoms with Crippen LogP contribution in [-0.4, -0.2) is 42.1 Å². The predicted octanol–water partition coefficient (Wildman–Crippen LogP) is 3.05. The van der Waals surface area contributed by atoms with Crippen molar-refractivity contribution in [3.63, 3.8) is 0 Å². The van der Waals surface area contributed by atoms with Gasteiger partial charge in [-0.3, -0.25) is 14.4 Å². The summed E-state index contributed by atoms with van der Waals surface area (Å²) in [6.07, 6.45) is 6.24. The molecule has 0 bridgehead atoms. The van der Waals surface area contributed by atoms with Crippen LogP contribution in [0.4, 0.5) is 0 Å². The van der Waals surface area contributed by atoms with Crippen LogP contribution in [0.1, 0.15) is 91.0 Å². The Morgan fingerprint density at radius 3 is 2.05 bits per heavy atom. The molecule has 0 spiro atoms. The Hall–Kier alpha value is -2.83. The third-order valence-corrected chi connectivity index (χ3v) is 6.97. The van der Waals surface area contributed by atoms with E-state index in [4.69, 9.17) is 0 Å². The summed E-state index contributed by atoms with van der Waals surface area (Å²) >= 11 is 0. The van der Waals surface area contributed by atoms with Crippen molar-refractivity contribution >= 4 is 31.3 Å². The van der Waals surface area contributed by atoms with Crippen molar-refractivity contribution in [2.75, 3.05) is 6.54 Å². The number of rotatable bonds is 20. The first-order chi connectivity index (χ1) is 18.9. The molecule has 1 aromatic carbocycles. The lowest BCUT2D eigenvalue weighted by Gasteiger charge is -2.29. The summed E-state index contributed by atoms with van der Waals surface area (Å²) in [6, 6.07) is 3.78. The van der Waals surface area contributed by atoms with Crippen molar-refractivity contribution in [1.29, 1.82) is 0 Å². The Bertz CT molecular complexity index is 1000. The quantitative estimate of drug-likeness (QED) is 0.107. The molecule has 3 atom stereocenters. The minimum Gasteiger partial charge on any atom is -0.780 e. The summed E-state index contributed by atoms with van der Waals surface area (Å²) in [6.45, 7) is 7.77. The first-order valence-electron chi connectivity index (χ1n) is 14.0.